The van der Waals surface area contributed by atoms with Crippen molar-refractivity contribution in [2.75, 3.05) is 27.3 Å². The van der Waals surface area contributed by atoms with Crippen molar-refractivity contribution in [2.45, 2.75) is 31.0 Å². The summed E-state index contributed by atoms with van der Waals surface area (Å²) in [7, 11) is 3.36. The Bertz CT molecular complexity index is 474. The molecule has 1 unspecified atom stereocenters. The minimum Gasteiger partial charge on any atom is -0.377 e. The number of hydrogen-bond donors (Lipinski definition) is 0. The lowest BCUT2D eigenvalue weighted by molar-refractivity contribution is -0.132. The minimum absolute atomic E-state index is 0.000637. The molecule has 4 nitrogen and oxygen atoms in total. The van der Waals surface area contributed by atoms with E-state index in [-0.39, 0.29) is 24.0 Å². The van der Waals surface area contributed by atoms with E-state index >= 15 is 0 Å². The lowest BCUT2D eigenvalue weighted by Gasteiger charge is -2.23. The number of benzene rings is 1. The van der Waals surface area contributed by atoms with Gasteiger partial charge in [-0.25, -0.2) is 0 Å². The Morgan fingerprint density at radius 2 is 1.67 bits per heavy atom. The number of ether oxygens (including phenoxy) is 2. The van der Waals surface area contributed by atoms with Gasteiger partial charge in [0.1, 0.15) is 12.2 Å². The summed E-state index contributed by atoms with van der Waals surface area (Å²) in [4.78, 5) is 14.9. The maximum absolute atomic E-state index is 13.0. The average molecular weight is 289 g/mol. The first-order chi connectivity index (χ1) is 10.2. The molecule has 1 amide bonds. The topological polar surface area (TPSA) is 38.8 Å². The molecular formula is C17H23NO3. The molecule has 114 valence electrons. The van der Waals surface area contributed by atoms with Gasteiger partial charge in [-0.15, -0.1) is 0 Å². The second kappa shape index (κ2) is 6.16. The SMILES string of the molecule is CO[C@H]1CN(C(=O)C(c2ccccc2)C2CC2)C[C@H]1OC. The Hall–Kier alpha value is -1.39. The molecule has 3 rings (SSSR count). The first kappa shape index (κ1) is 14.5. The van der Waals surface area contributed by atoms with Crippen molar-refractivity contribution in [1.29, 1.82) is 0 Å². The van der Waals surface area contributed by atoms with Crippen LogP contribution in [0.2, 0.25) is 0 Å². The van der Waals surface area contributed by atoms with Gasteiger partial charge < -0.3 is 14.4 Å². The Morgan fingerprint density at radius 3 is 2.14 bits per heavy atom. The molecule has 0 bridgehead atoms. The molecule has 2 aliphatic rings. The van der Waals surface area contributed by atoms with Crippen LogP contribution >= 0.6 is 0 Å². The van der Waals surface area contributed by atoms with E-state index in [9.17, 15) is 4.79 Å². The van der Waals surface area contributed by atoms with Crippen LogP contribution in [0.5, 0.6) is 0 Å². The van der Waals surface area contributed by atoms with Crippen molar-refractivity contribution in [1.82, 2.24) is 4.90 Å². The summed E-state index contributed by atoms with van der Waals surface area (Å²) in [6.45, 7) is 1.26. The van der Waals surface area contributed by atoms with Crippen LogP contribution in [0.4, 0.5) is 0 Å². The molecule has 1 aliphatic heterocycles. The average Bonchev–Trinajstić information content (AvgIpc) is 3.26. The van der Waals surface area contributed by atoms with Crippen LogP contribution in [0.3, 0.4) is 0 Å². The molecule has 2 fully saturated rings. The van der Waals surface area contributed by atoms with Crippen molar-refractivity contribution >= 4 is 5.91 Å². The number of nitrogens with zero attached hydrogens (tertiary/aromatic N) is 1. The molecule has 21 heavy (non-hydrogen) atoms. The van der Waals surface area contributed by atoms with Crippen LogP contribution in [0.25, 0.3) is 0 Å². The predicted molar refractivity (Wildman–Crippen MR) is 80.1 cm³/mol. The van der Waals surface area contributed by atoms with E-state index in [1.54, 1.807) is 14.2 Å². The minimum atomic E-state index is -0.0189. The first-order valence-corrected chi connectivity index (χ1v) is 7.64. The Labute approximate surface area is 126 Å². The molecule has 0 spiro atoms. The largest absolute Gasteiger partial charge is 0.377 e. The number of hydrogen-bond acceptors (Lipinski definition) is 3. The normalized spacial score (nSPS) is 26.9. The Kier molecular flexibility index (Phi) is 4.27. The van der Waals surface area contributed by atoms with Gasteiger partial charge in [0.15, 0.2) is 0 Å². The molecule has 1 aliphatic carbocycles. The summed E-state index contributed by atoms with van der Waals surface area (Å²) in [5, 5.41) is 0. The third kappa shape index (κ3) is 2.97. The van der Waals surface area contributed by atoms with Crippen LogP contribution in [0.1, 0.15) is 24.3 Å². The maximum atomic E-state index is 13.0. The Balaban J connectivity index is 1.77. The Morgan fingerprint density at radius 1 is 1.10 bits per heavy atom. The van der Waals surface area contributed by atoms with Crippen molar-refractivity contribution in [3.8, 4) is 0 Å². The highest BCUT2D eigenvalue weighted by molar-refractivity contribution is 5.85. The monoisotopic (exact) mass is 289 g/mol. The van der Waals surface area contributed by atoms with Crippen LogP contribution in [0, 0.1) is 5.92 Å². The molecule has 3 atom stereocenters. The number of rotatable bonds is 5. The highest BCUT2D eigenvalue weighted by Gasteiger charge is 2.43. The van der Waals surface area contributed by atoms with E-state index in [1.807, 2.05) is 23.1 Å². The zero-order valence-corrected chi connectivity index (χ0v) is 12.7. The summed E-state index contributed by atoms with van der Waals surface area (Å²) in [6.07, 6.45) is 2.27. The van der Waals surface area contributed by atoms with E-state index in [1.165, 1.54) is 0 Å². The quantitative estimate of drug-likeness (QED) is 0.833. The molecule has 1 saturated heterocycles. The molecule has 0 aromatic heterocycles. The molecule has 1 heterocycles. The predicted octanol–water partition coefficient (Wildman–Crippen LogP) is 2.05. The number of methoxy groups -OCH3 is 2. The van der Waals surface area contributed by atoms with E-state index in [0.717, 1.165) is 18.4 Å². The van der Waals surface area contributed by atoms with Crippen molar-refractivity contribution < 1.29 is 14.3 Å². The fourth-order valence-corrected chi connectivity index (χ4v) is 3.28. The van der Waals surface area contributed by atoms with E-state index in [4.69, 9.17) is 9.47 Å². The smallest absolute Gasteiger partial charge is 0.230 e. The van der Waals surface area contributed by atoms with Crippen LogP contribution in [-0.4, -0.2) is 50.3 Å². The molecule has 1 aromatic rings. The molecule has 0 N–H and O–H groups in total. The van der Waals surface area contributed by atoms with E-state index in [0.29, 0.717) is 19.0 Å². The fourth-order valence-electron chi connectivity index (χ4n) is 3.28. The van der Waals surface area contributed by atoms with Gasteiger partial charge in [0.2, 0.25) is 5.91 Å². The van der Waals surface area contributed by atoms with E-state index in [2.05, 4.69) is 12.1 Å². The summed E-state index contributed by atoms with van der Waals surface area (Å²) in [5.41, 5.74) is 1.14. The second-order valence-electron chi connectivity index (χ2n) is 6.02. The zero-order valence-electron chi connectivity index (χ0n) is 12.7. The van der Waals surface area contributed by atoms with Gasteiger partial charge in [0, 0.05) is 27.3 Å². The number of carbonyl (C=O) groups is 1. The van der Waals surface area contributed by atoms with Crippen LogP contribution in [-0.2, 0) is 14.3 Å². The van der Waals surface area contributed by atoms with Gasteiger partial charge in [-0.05, 0) is 24.3 Å². The number of likely N-dealkylation sites (tertiary alicyclic amines) is 1. The molecule has 1 saturated carbocycles. The highest BCUT2D eigenvalue weighted by Crippen LogP contribution is 2.44. The van der Waals surface area contributed by atoms with Crippen molar-refractivity contribution in [2.24, 2.45) is 5.92 Å². The van der Waals surface area contributed by atoms with Gasteiger partial charge in [0.05, 0.1) is 5.92 Å². The van der Waals surface area contributed by atoms with Crippen molar-refractivity contribution in [3.63, 3.8) is 0 Å². The lowest BCUT2D eigenvalue weighted by atomic mass is 9.93. The maximum Gasteiger partial charge on any atom is 0.230 e. The number of amides is 1. The van der Waals surface area contributed by atoms with Crippen LogP contribution in [0.15, 0.2) is 30.3 Å². The summed E-state index contributed by atoms with van der Waals surface area (Å²) >= 11 is 0. The molecular weight excluding hydrogens is 266 g/mol. The lowest BCUT2D eigenvalue weighted by Crippen LogP contribution is -2.35. The second-order valence-corrected chi connectivity index (χ2v) is 6.02. The van der Waals surface area contributed by atoms with Gasteiger partial charge in [-0.2, -0.15) is 0 Å². The number of carbonyl (C=O) groups excluding carboxylic acids is 1. The molecule has 0 radical (unpaired) electrons. The molecule has 4 heteroatoms. The third-order valence-corrected chi connectivity index (χ3v) is 4.65. The summed E-state index contributed by atoms with van der Waals surface area (Å²) < 4.78 is 10.9. The third-order valence-electron chi connectivity index (χ3n) is 4.65. The van der Waals surface area contributed by atoms with Crippen LogP contribution < -0.4 is 0 Å². The standard InChI is InChI=1S/C17H23NO3/c1-20-14-10-18(11-15(14)21-2)17(19)16(13-8-9-13)12-6-4-3-5-7-12/h3-7,13-16H,8-11H2,1-2H3/t14-,15+,16?. The van der Waals surface area contributed by atoms with Crippen molar-refractivity contribution in [3.05, 3.63) is 35.9 Å². The highest BCUT2D eigenvalue weighted by atomic mass is 16.5. The van der Waals surface area contributed by atoms with E-state index < -0.39 is 0 Å². The molecule has 1 aromatic carbocycles. The van der Waals surface area contributed by atoms with Gasteiger partial charge in [-0.1, -0.05) is 30.3 Å². The van der Waals surface area contributed by atoms with Gasteiger partial charge in [-0.3, -0.25) is 4.79 Å². The van der Waals surface area contributed by atoms with Gasteiger partial charge in [0.25, 0.3) is 0 Å². The van der Waals surface area contributed by atoms with Gasteiger partial charge >= 0.3 is 0 Å². The summed E-state index contributed by atoms with van der Waals surface area (Å²) in [6, 6.07) is 10.2. The first-order valence-electron chi connectivity index (χ1n) is 7.64. The zero-order chi connectivity index (χ0) is 14.8. The summed E-state index contributed by atoms with van der Waals surface area (Å²) in [5.74, 6) is 0.729. The fraction of sp³-hybridized carbons (Fsp3) is 0.588.